The minimum absolute atomic E-state index is 0.0549. The van der Waals surface area contributed by atoms with E-state index >= 15 is 0 Å². The highest BCUT2D eigenvalue weighted by Crippen LogP contribution is 2.00. The maximum atomic E-state index is 11.5. The molecule has 116 valence electrons. The predicted molar refractivity (Wildman–Crippen MR) is 78.9 cm³/mol. The third-order valence-corrected chi connectivity index (χ3v) is 2.95. The molecular formula is C12H23N3O4S. The van der Waals surface area contributed by atoms with Gasteiger partial charge in [0.15, 0.2) is 0 Å². The topological polar surface area (TPSA) is 108 Å². The summed E-state index contributed by atoms with van der Waals surface area (Å²) < 4.78 is 0. The van der Waals surface area contributed by atoms with Crippen molar-refractivity contribution in [2.45, 2.75) is 38.8 Å². The lowest BCUT2D eigenvalue weighted by molar-refractivity contribution is -0.139. The monoisotopic (exact) mass is 305 g/mol. The van der Waals surface area contributed by atoms with Gasteiger partial charge in [0.1, 0.15) is 6.04 Å². The number of carboxylic acid groups (broad SMARTS) is 1. The second kappa shape index (κ2) is 10.4. The molecule has 0 aromatic carbocycles. The fourth-order valence-corrected chi connectivity index (χ4v) is 1.86. The Morgan fingerprint density at radius 2 is 1.85 bits per heavy atom. The van der Waals surface area contributed by atoms with E-state index in [1.54, 1.807) is 0 Å². The second-order valence-corrected chi connectivity index (χ2v) is 5.53. The molecule has 4 N–H and O–H groups in total. The Morgan fingerprint density at radius 1 is 1.20 bits per heavy atom. The molecule has 0 spiro atoms. The van der Waals surface area contributed by atoms with Crippen LogP contribution in [0.4, 0.5) is 4.79 Å². The SMILES string of the molecule is CSCC[C@@H](NC(=O)NCCC(=O)NC(C)C)C(=O)O. The van der Waals surface area contributed by atoms with Gasteiger partial charge in [-0.15, -0.1) is 0 Å². The summed E-state index contributed by atoms with van der Waals surface area (Å²) in [5, 5.41) is 16.5. The molecule has 0 aromatic rings. The molecule has 7 nitrogen and oxygen atoms in total. The van der Waals surface area contributed by atoms with Crippen molar-refractivity contribution < 1.29 is 19.5 Å². The number of carbonyl (C=O) groups excluding carboxylic acids is 2. The zero-order valence-corrected chi connectivity index (χ0v) is 12.9. The standard InChI is InChI=1S/C12H23N3O4S/c1-8(2)14-10(16)4-6-13-12(19)15-9(11(17)18)5-7-20-3/h8-9H,4-7H2,1-3H3,(H,14,16)(H,17,18)(H2,13,15,19)/t9-/m1/s1. The molecule has 0 heterocycles. The minimum atomic E-state index is -1.06. The van der Waals surface area contributed by atoms with Gasteiger partial charge in [-0.3, -0.25) is 4.79 Å². The van der Waals surface area contributed by atoms with E-state index in [9.17, 15) is 14.4 Å². The van der Waals surface area contributed by atoms with Crippen LogP contribution in [0.5, 0.6) is 0 Å². The number of carbonyl (C=O) groups is 3. The van der Waals surface area contributed by atoms with Gasteiger partial charge in [0.05, 0.1) is 0 Å². The van der Waals surface area contributed by atoms with E-state index in [1.807, 2.05) is 20.1 Å². The third-order valence-electron chi connectivity index (χ3n) is 2.30. The van der Waals surface area contributed by atoms with Gasteiger partial charge in [0, 0.05) is 19.0 Å². The fourth-order valence-electron chi connectivity index (χ4n) is 1.39. The number of aliphatic carboxylic acids is 1. The number of amides is 3. The largest absolute Gasteiger partial charge is 0.480 e. The summed E-state index contributed by atoms with van der Waals surface area (Å²) in [6.07, 6.45) is 2.39. The minimum Gasteiger partial charge on any atom is -0.480 e. The van der Waals surface area contributed by atoms with E-state index in [2.05, 4.69) is 16.0 Å². The van der Waals surface area contributed by atoms with E-state index in [1.165, 1.54) is 11.8 Å². The molecule has 0 bridgehead atoms. The van der Waals surface area contributed by atoms with Crippen LogP contribution in [0.1, 0.15) is 26.7 Å². The lowest BCUT2D eigenvalue weighted by Gasteiger charge is -2.14. The van der Waals surface area contributed by atoms with Gasteiger partial charge in [-0.2, -0.15) is 11.8 Å². The number of hydrogen-bond acceptors (Lipinski definition) is 4. The van der Waals surface area contributed by atoms with Gasteiger partial charge in [0.25, 0.3) is 0 Å². The summed E-state index contributed by atoms with van der Waals surface area (Å²) in [5.41, 5.74) is 0. The van der Waals surface area contributed by atoms with Crippen LogP contribution < -0.4 is 16.0 Å². The molecule has 0 saturated carbocycles. The Balaban J connectivity index is 3.96. The Bertz CT molecular complexity index is 337. The molecule has 0 aromatic heterocycles. The van der Waals surface area contributed by atoms with Crippen LogP contribution in [0.15, 0.2) is 0 Å². The van der Waals surface area contributed by atoms with Crippen LogP contribution >= 0.6 is 11.8 Å². The third kappa shape index (κ3) is 9.48. The lowest BCUT2D eigenvalue weighted by Crippen LogP contribution is -2.47. The van der Waals surface area contributed by atoms with Gasteiger partial charge in [-0.05, 0) is 32.3 Å². The molecule has 0 rings (SSSR count). The second-order valence-electron chi connectivity index (χ2n) is 4.54. The summed E-state index contributed by atoms with van der Waals surface area (Å²) in [6, 6.07) is -1.43. The summed E-state index contributed by atoms with van der Waals surface area (Å²) in [7, 11) is 0. The molecule has 3 amide bonds. The molecule has 0 fully saturated rings. The summed E-state index contributed by atoms with van der Waals surface area (Å²) in [4.78, 5) is 33.8. The first-order valence-electron chi connectivity index (χ1n) is 6.42. The van der Waals surface area contributed by atoms with Crippen LogP contribution in [0.2, 0.25) is 0 Å². The average Bonchev–Trinajstić information content (AvgIpc) is 2.33. The first kappa shape index (κ1) is 18.6. The van der Waals surface area contributed by atoms with E-state index in [0.717, 1.165) is 0 Å². The maximum absolute atomic E-state index is 11.5. The van der Waals surface area contributed by atoms with Crippen molar-refractivity contribution in [2.24, 2.45) is 0 Å². The molecule has 0 saturated heterocycles. The molecule has 0 aliphatic rings. The van der Waals surface area contributed by atoms with Gasteiger partial charge in [-0.25, -0.2) is 9.59 Å². The summed E-state index contributed by atoms with van der Waals surface area (Å²) >= 11 is 1.51. The first-order valence-corrected chi connectivity index (χ1v) is 7.81. The number of thioether (sulfide) groups is 1. The van der Waals surface area contributed by atoms with E-state index in [0.29, 0.717) is 12.2 Å². The summed E-state index contributed by atoms with van der Waals surface area (Å²) in [6.45, 7) is 3.86. The highest BCUT2D eigenvalue weighted by atomic mass is 32.2. The Labute approximate surface area is 123 Å². The quantitative estimate of drug-likeness (QED) is 0.493. The Hall–Kier alpha value is -1.44. The number of hydrogen-bond donors (Lipinski definition) is 4. The molecule has 8 heteroatoms. The molecule has 1 atom stereocenters. The number of rotatable bonds is 9. The van der Waals surface area contributed by atoms with E-state index in [-0.39, 0.29) is 24.9 Å². The van der Waals surface area contributed by atoms with Crippen LogP contribution in [0.3, 0.4) is 0 Å². The predicted octanol–water partition coefficient (Wildman–Crippen LogP) is 0.407. The zero-order chi connectivity index (χ0) is 15.5. The molecule has 0 aliphatic carbocycles. The van der Waals surface area contributed by atoms with Crippen molar-refractivity contribution in [2.75, 3.05) is 18.6 Å². The average molecular weight is 305 g/mol. The number of carboxylic acids is 1. The lowest BCUT2D eigenvalue weighted by atomic mass is 10.2. The zero-order valence-electron chi connectivity index (χ0n) is 12.1. The molecule has 0 unspecified atom stereocenters. The van der Waals surface area contributed by atoms with Gasteiger partial charge in [-0.1, -0.05) is 0 Å². The number of nitrogens with one attached hydrogen (secondary N) is 3. The van der Waals surface area contributed by atoms with Crippen molar-refractivity contribution >= 4 is 29.7 Å². The Morgan fingerprint density at radius 3 is 2.35 bits per heavy atom. The fraction of sp³-hybridized carbons (Fsp3) is 0.750. The normalized spacial score (nSPS) is 11.8. The Kier molecular flexibility index (Phi) is 9.61. The molecule has 20 heavy (non-hydrogen) atoms. The van der Waals surface area contributed by atoms with Gasteiger partial charge in [0.2, 0.25) is 5.91 Å². The van der Waals surface area contributed by atoms with Crippen LogP contribution in [0, 0.1) is 0 Å². The van der Waals surface area contributed by atoms with Crippen LogP contribution in [0.25, 0.3) is 0 Å². The van der Waals surface area contributed by atoms with E-state index in [4.69, 9.17) is 5.11 Å². The van der Waals surface area contributed by atoms with Gasteiger partial charge < -0.3 is 21.1 Å². The molecular weight excluding hydrogens is 282 g/mol. The summed E-state index contributed by atoms with van der Waals surface area (Å²) in [5.74, 6) is -0.571. The van der Waals surface area contributed by atoms with Crippen LogP contribution in [-0.2, 0) is 9.59 Å². The van der Waals surface area contributed by atoms with Crippen molar-refractivity contribution in [3.63, 3.8) is 0 Å². The smallest absolute Gasteiger partial charge is 0.326 e. The first-order chi connectivity index (χ1) is 9.36. The number of urea groups is 1. The van der Waals surface area contributed by atoms with Crippen molar-refractivity contribution in [3.8, 4) is 0 Å². The van der Waals surface area contributed by atoms with Crippen LogP contribution in [-0.4, -0.2) is 53.7 Å². The van der Waals surface area contributed by atoms with Crippen molar-refractivity contribution in [1.29, 1.82) is 0 Å². The van der Waals surface area contributed by atoms with E-state index < -0.39 is 18.0 Å². The highest BCUT2D eigenvalue weighted by Gasteiger charge is 2.19. The molecule has 0 aliphatic heterocycles. The highest BCUT2D eigenvalue weighted by molar-refractivity contribution is 7.98. The van der Waals surface area contributed by atoms with Crippen molar-refractivity contribution in [3.05, 3.63) is 0 Å². The molecule has 0 radical (unpaired) electrons. The maximum Gasteiger partial charge on any atom is 0.326 e. The van der Waals surface area contributed by atoms with Crippen molar-refractivity contribution in [1.82, 2.24) is 16.0 Å². The van der Waals surface area contributed by atoms with Gasteiger partial charge >= 0.3 is 12.0 Å².